The summed E-state index contributed by atoms with van der Waals surface area (Å²) in [6.45, 7) is 0. The minimum absolute atomic E-state index is 0.576. The van der Waals surface area contributed by atoms with Crippen molar-refractivity contribution in [2.45, 2.75) is 0 Å². The molecule has 2 aromatic carbocycles. The van der Waals surface area contributed by atoms with Crippen LogP contribution in [0.15, 0.2) is 30.3 Å². The highest BCUT2D eigenvalue weighted by Gasteiger charge is 1.98. The zero-order valence-corrected chi connectivity index (χ0v) is 7.65. The SMILES string of the molecule is Clc1cc2[c]cccc2cc1Cl. The third kappa shape index (κ3) is 1.28. The minimum atomic E-state index is 0.576. The lowest BCUT2D eigenvalue weighted by molar-refractivity contribution is 1.73. The molecule has 0 N–H and O–H groups in total. The maximum absolute atomic E-state index is 5.84. The van der Waals surface area contributed by atoms with Crippen molar-refractivity contribution < 1.29 is 0 Å². The van der Waals surface area contributed by atoms with Crippen molar-refractivity contribution >= 4 is 34.0 Å². The van der Waals surface area contributed by atoms with E-state index in [0.29, 0.717) is 10.0 Å². The normalized spacial score (nSPS) is 10.5. The Balaban J connectivity index is 2.84. The smallest absolute Gasteiger partial charge is 0.0598 e. The van der Waals surface area contributed by atoms with Crippen LogP contribution in [-0.4, -0.2) is 0 Å². The molecule has 0 aliphatic heterocycles. The summed E-state index contributed by atoms with van der Waals surface area (Å²) in [4.78, 5) is 0. The van der Waals surface area contributed by atoms with Crippen molar-refractivity contribution in [1.29, 1.82) is 0 Å². The summed E-state index contributed by atoms with van der Waals surface area (Å²) in [5, 5.41) is 3.22. The molecule has 0 atom stereocenters. The average Bonchev–Trinajstić information content (AvgIpc) is 2.07. The summed E-state index contributed by atoms with van der Waals surface area (Å²) < 4.78 is 0. The van der Waals surface area contributed by atoms with Gasteiger partial charge in [-0.15, -0.1) is 0 Å². The van der Waals surface area contributed by atoms with Gasteiger partial charge in [-0.25, -0.2) is 0 Å². The van der Waals surface area contributed by atoms with Gasteiger partial charge >= 0.3 is 0 Å². The molecule has 0 fully saturated rings. The van der Waals surface area contributed by atoms with Gasteiger partial charge in [-0.2, -0.15) is 0 Å². The van der Waals surface area contributed by atoms with Crippen LogP contribution in [0.2, 0.25) is 10.0 Å². The highest BCUT2D eigenvalue weighted by Crippen LogP contribution is 2.27. The van der Waals surface area contributed by atoms with E-state index in [1.54, 1.807) is 0 Å². The topological polar surface area (TPSA) is 0 Å². The van der Waals surface area contributed by atoms with Crippen molar-refractivity contribution in [1.82, 2.24) is 0 Å². The van der Waals surface area contributed by atoms with E-state index in [-0.39, 0.29) is 0 Å². The molecular weight excluding hydrogens is 191 g/mol. The number of halogens is 2. The van der Waals surface area contributed by atoms with E-state index in [0.717, 1.165) is 10.8 Å². The molecule has 59 valence electrons. The predicted octanol–water partition coefficient (Wildman–Crippen LogP) is 3.95. The lowest BCUT2D eigenvalue weighted by Crippen LogP contribution is -1.73. The van der Waals surface area contributed by atoms with E-state index < -0.39 is 0 Å². The molecule has 0 heterocycles. The van der Waals surface area contributed by atoms with Gasteiger partial charge in [-0.1, -0.05) is 41.4 Å². The third-order valence-corrected chi connectivity index (χ3v) is 2.43. The van der Waals surface area contributed by atoms with Gasteiger partial charge in [0, 0.05) is 0 Å². The van der Waals surface area contributed by atoms with Gasteiger partial charge in [0.05, 0.1) is 10.0 Å². The highest BCUT2D eigenvalue weighted by molar-refractivity contribution is 6.42. The van der Waals surface area contributed by atoms with Crippen LogP contribution in [0.3, 0.4) is 0 Å². The number of hydrogen-bond acceptors (Lipinski definition) is 0. The molecule has 2 rings (SSSR count). The van der Waals surface area contributed by atoms with Crippen molar-refractivity contribution in [2.24, 2.45) is 0 Å². The number of hydrogen-bond donors (Lipinski definition) is 0. The zero-order valence-electron chi connectivity index (χ0n) is 6.14. The summed E-state index contributed by atoms with van der Waals surface area (Å²) in [5.74, 6) is 0. The van der Waals surface area contributed by atoms with E-state index in [4.69, 9.17) is 23.2 Å². The van der Waals surface area contributed by atoms with Gasteiger partial charge in [0.15, 0.2) is 0 Å². The number of benzene rings is 2. The lowest BCUT2D eigenvalue weighted by Gasteiger charge is -1.98. The first-order valence-electron chi connectivity index (χ1n) is 3.53. The van der Waals surface area contributed by atoms with Gasteiger partial charge in [0.25, 0.3) is 0 Å². The van der Waals surface area contributed by atoms with Crippen LogP contribution >= 0.6 is 23.2 Å². The molecule has 0 aliphatic carbocycles. The minimum Gasteiger partial charge on any atom is -0.0827 e. The van der Waals surface area contributed by atoms with Crippen LogP contribution < -0.4 is 0 Å². The summed E-state index contributed by atoms with van der Waals surface area (Å²) >= 11 is 11.7. The van der Waals surface area contributed by atoms with Crippen molar-refractivity contribution in [3.8, 4) is 0 Å². The monoisotopic (exact) mass is 195 g/mol. The van der Waals surface area contributed by atoms with Crippen molar-refractivity contribution in [2.75, 3.05) is 0 Å². The lowest BCUT2D eigenvalue weighted by atomic mass is 10.1. The van der Waals surface area contributed by atoms with Gasteiger partial charge in [0.1, 0.15) is 0 Å². The van der Waals surface area contributed by atoms with Gasteiger partial charge < -0.3 is 0 Å². The summed E-state index contributed by atoms with van der Waals surface area (Å²) in [7, 11) is 0. The third-order valence-electron chi connectivity index (χ3n) is 1.70. The molecule has 1 radical (unpaired) electrons. The molecule has 0 saturated carbocycles. The first kappa shape index (κ1) is 7.90. The Morgan fingerprint density at radius 2 is 1.83 bits per heavy atom. The molecule has 0 aliphatic rings. The van der Waals surface area contributed by atoms with Crippen molar-refractivity contribution in [3.63, 3.8) is 0 Å². The molecule has 0 unspecified atom stereocenters. The quantitative estimate of drug-likeness (QED) is 0.598. The second-order valence-corrected chi connectivity index (χ2v) is 3.34. The Morgan fingerprint density at radius 3 is 2.67 bits per heavy atom. The molecule has 0 spiro atoms. The largest absolute Gasteiger partial charge is 0.0827 e. The Morgan fingerprint density at radius 1 is 1.08 bits per heavy atom. The highest BCUT2D eigenvalue weighted by atomic mass is 35.5. The molecule has 2 heteroatoms. The summed E-state index contributed by atoms with van der Waals surface area (Å²) in [5.41, 5.74) is 0. The van der Waals surface area contributed by atoms with Gasteiger partial charge in [-0.05, 0) is 29.0 Å². The molecule has 0 bridgehead atoms. The zero-order chi connectivity index (χ0) is 8.55. The van der Waals surface area contributed by atoms with Crippen LogP contribution in [0.1, 0.15) is 0 Å². The van der Waals surface area contributed by atoms with E-state index in [9.17, 15) is 0 Å². The second kappa shape index (κ2) is 2.96. The molecule has 12 heavy (non-hydrogen) atoms. The van der Waals surface area contributed by atoms with Crippen LogP contribution in [0.25, 0.3) is 10.8 Å². The fraction of sp³-hybridized carbons (Fsp3) is 0. The number of fused-ring (bicyclic) bond motifs is 1. The Bertz CT molecular complexity index is 381. The Kier molecular flexibility index (Phi) is 1.95. The van der Waals surface area contributed by atoms with Crippen molar-refractivity contribution in [3.05, 3.63) is 46.4 Å². The molecule has 0 aromatic heterocycles. The Hall–Kier alpha value is -0.720. The number of rotatable bonds is 0. The van der Waals surface area contributed by atoms with E-state index in [2.05, 4.69) is 6.07 Å². The second-order valence-electron chi connectivity index (χ2n) is 2.52. The fourth-order valence-corrected chi connectivity index (χ4v) is 1.45. The van der Waals surface area contributed by atoms with Crippen LogP contribution in [-0.2, 0) is 0 Å². The molecule has 0 nitrogen and oxygen atoms in total. The fourth-order valence-electron chi connectivity index (χ4n) is 1.11. The van der Waals surface area contributed by atoms with Crippen LogP contribution in [0.5, 0.6) is 0 Å². The van der Waals surface area contributed by atoms with Crippen LogP contribution in [0, 0.1) is 6.07 Å². The van der Waals surface area contributed by atoms with E-state index in [1.165, 1.54) is 0 Å². The van der Waals surface area contributed by atoms with Crippen LogP contribution in [0.4, 0.5) is 0 Å². The van der Waals surface area contributed by atoms with E-state index >= 15 is 0 Å². The van der Waals surface area contributed by atoms with Gasteiger partial charge in [0.2, 0.25) is 0 Å². The average molecular weight is 196 g/mol. The van der Waals surface area contributed by atoms with Gasteiger partial charge in [-0.3, -0.25) is 0 Å². The molecule has 2 aromatic rings. The maximum Gasteiger partial charge on any atom is 0.0598 e. The summed E-state index contributed by atoms with van der Waals surface area (Å²) in [6.07, 6.45) is 0. The predicted molar refractivity (Wildman–Crippen MR) is 52.8 cm³/mol. The van der Waals surface area contributed by atoms with E-state index in [1.807, 2.05) is 30.3 Å². The first-order valence-corrected chi connectivity index (χ1v) is 4.28. The Labute approximate surface area is 80.7 Å². The molecule has 0 saturated heterocycles. The molecular formula is C10H5Cl2. The molecule has 0 amide bonds. The first-order chi connectivity index (χ1) is 5.77. The maximum atomic E-state index is 5.84. The summed E-state index contributed by atoms with van der Waals surface area (Å²) in [6, 6.07) is 12.5. The standard InChI is InChI=1S/C10H5Cl2/c11-9-5-7-3-1-2-4-8(7)6-10(9)12/h1-3,5-6H.